The molecule has 2 aliphatic rings. The molecule has 3 N–H and O–H groups in total. The number of nitrogens with one attached hydrogen (secondary N) is 2. The second-order valence-corrected chi connectivity index (χ2v) is 7.71. The highest BCUT2D eigenvalue weighted by molar-refractivity contribution is 5.97. The quantitative estimate of drug-likeness (QED) is 0.736. The van der Waals surface area contributed by atoms with Crippen LogP contribution in [0.1, 0.15) is 68.1 Å². The first kappa shape index (κ1) is 19.4. The van der Waals surface area contributed by atoms with Crippen LogP contribution in [0.3, 0.4) is 0 Å². The van der Waals surface area contributed by atoms with Crippen LogP contribution < -0.4 is 10.6 Å². The van der Waals surface area contributed by atoms with Gasteiger partial charge < -0.3 is 15.7 Å². The van der Waals surface area contributed by atoms with Gasteiger partial charge in [0.15, 0.2) is 0 Å². The summed E-state index contributed by atoms with van der Waals surface area (Å²) in [6.45, 7) is 0. The topological polar surface area (TPSA) is 95.5 Å². The third kappa shape index (κ3) is 5.08. The Bertz CT molecular complexity index is 680. The SMILES string of the molecule is O=C(NC1CCCCC1)c1ccc(NC(=O)[C@H]2CCCC[C@@H]2C(=O)O)cc1. The van der Waals surface area contributed by atoms with E-state index < -0.39 is 17.8 Å². The van der Waals surface area contributed by atoms with Crippen molar-refractivity contribution in [3.8, 4) is 0 Å². The lowest BCUT2D eigenvalue weighted by Gasteiger charge is -2.27. The first-order valence-electron chi connectivity index (χ1n) is 9.99. The van der Waals surface area contributed by atoms with E-state index in [1.165, 1.54) is 6.42 Å². The molecule has 0 saturated heterocycles. The summed E-state index contributed by atoms with van der Waals surface area (Å²) in [5.41, 5.74) is 1.16. The third-order valence-electron chi connectivity index (χ3n) is 5.77. The summed E-state index contributed by atoms with van der Waals surface area (Å²) in [6.07, 6.45) is 8.51. The van der Waals surface area contributed by atoms with Crippen LogP contribution in [0, 0.1) is 11.8 Å². The number of anilines is 1. The normalized spacial score (nSPS) is 23.4. The highest BCUT2D eigenvalue weighted by Crippen LogP contribution is 2.31. The molecule has 0 aromatic heterocycles. The maximum Gasteiger partial charge on any atom is 0.307 e. The van der Waals surface area contributed by atoms with E-state index in [0.29, 0.717) is 24.1 Å². The molecule has 0 bridgehead atoms. The molecule has 2 fully saturated rings. The number of carbonyl (C=O) groups is 3. The number of carbonyl (C=O) groups excluding carboxylic acids is 2. The molecular weight excluding hydrogens is 344 g/mol. The van der Waals surface area contributed by atoms with Crippen LogP contribution in [0.4, 0.5) is 5.69 Å². The van der Waals surface area contributed by atoms with Crippen LogP contribution in [0.25, 0.3) is 0 Å². The second-order valence-electron chi connectivity index (χ2n) is 7.71. The fourth-order valence-electron chi connectivity index (χ4n) is 4.20. The van der Waals surface area contributed by atoms with E-state index in [9.17, 15) is 19.5 Å². The van der Waals surface area contributed by atoms with Crippen LogP contribution in [0.15, 0.2) is 24.3 Å². The van der Waals surface area contributed by atoms with Crippen molar-refractivity contribution in [1.29, 1.82) is 0 Å². The molecule has 1 aromatic carbocycles. The second kappa shape index (κ2) is 9.02. The molecule has 1 aromatic rings. The highest BCUT2D eigenvalue weighted by Gasteiger charge is 2.35. The van der Waals surface area contributed by atoms with Gasteiger partial charge in [-0.1, -0.05) is 32.1 Å². The van der Waals surface area contributed by atoms with Crippen LogP contribution in [-0.4, -0.2) is 28.9 Å². The minimum atomic E-state index is -0.899. The van der Waals surface area contributed by atoms with Crippen molar-refractivity contribution in [3.05, 3.63) is 29.8 Å². The van der Waals surface area contributed by atoms with Gasteiger partial charge in [0, 0.05) is 17.3 Å². The first-order valence-corrected chi connectivity index (χ1v) is 9.99. The van der Waals surface area contributed by atoms with E-state index >= 15 is 0 Å². The first-order chi connectivity index (χ1) is 13.0. The number of hydrogen-bond acceptors (Lipinski definition) is 3. The molecule has 2 amide bonds. The Morgan fingerprint density at radius 1 is 0.815 bits per heavy atom. The third-order valence-corrected chi connectivity index (χ3v) is 5.77. The minimum Gasteiger partial charge on any atom is -0.481 e. The van der Waals surface area contributed by atoms with E-state index in [0.717, 1.165) is 38.5 Å². The number of rotatable bonds is 5. The van der Waals surface area contributed by atoms with Crippen LogP contribution in [0.5, 0.6) is 0 Å². The van der Waals surface area contributed by atoms with Gasteiger partial charge in [-0.3, -0.25) is 14.4 Å². The predicted molar refractivity (Wildman–Crippen MR) is 102 cm³/mol. The molecule has 27 heavy (non-hydrogen) atoms. The van der Waals surface area contributed by atoms with Crippen molar-refractivity contribution < 1.29 is 19.5 Å². The van der Waals surface area contributed by atoms with Gasteiger partial charge in [0.1, 0.15) is 0 Å². The molecule has 0 unspecified atom stereocenters. The highest BCUT2D eigenvalue weighted by atomic mass is 16.4. The summed E-state index contributed by atoms with van der Waals surface area (Å²) in [4.78, 5) is 36.2. The van der Waals surface area contributed by atoms with Crippen LogP contribution in [-0.2, 0) is 9.59 Å². The van der Waals surface area contributed by atoms with Crippen molar-refractivity contribution >= 4 is 23.5 Å². The lowest BCUT2D eigenvalue weighted by atomic mass is 9.78. The van der Waals surface area contributed by atoms with Crippen molar-refractivity contribution in [2.75, 3.05) is 5.32 Å². The average molecular weight is 372 g/mol. The van der Waals surface area contributed by atoms with Crippen molar-refractivity contribution in [3.63, 3.8) is 0 Å². The molecule has 2 saturated carbocycles. The standard InChI is InChI=1S/C21H28N2O4/c24-19(22-15-6-2-1-3-7-15)14-10-12-16(13-11-14)23-20(25)17-8-4-5-9-18(17)21(26)27/h10-13,15,17-18H,1-9H2,(H,22,24)(H,23,25)(H,26,27)/t17-,18-/m0/s1. The van der Waals surface area contributed by atoms with Crippen LogP contribution in [0.2, 0.25) is 0 Å². The number of hydrogen-bond donors (Lipinski definition) is 3. The number of aliphatic carboxylic acids is 1. The van der Waals surface area contributed by atoms with E-state index in [1.807, 2.05) is 0 Å². The predicted octanol–water partition coefficient (Wildman–Crippen LogP) is 3.58. The average Bonchev–Trinajstić information content (AvgIpc) is 2.69. The minimum absolute atomic E-state index is 0.0852. The molecule has 0 spiro atoms. The van der Waals surface area contributed by atoms with Crippen molar-refractivity contribution in [1.82, 2.24) is 5.32 Å². The molecule has 146 valence electrons. The Hall–Kier alpha value is -2.37. The summed E-state index contributed by atoms with van der Waals surface area (Å²) in [5.74, 6) is -2.34. The van der Waals surface area contributed by atoms with Gasteiger partial charge in [-0.2, -0.15) is 0 Å². The zero-order chi connectivity index (χ0) is 19.2. The summed E-state index contributed by atoms with van der Waals surface area (Å²) < 4.78 is 0. The Morgan fingerprint density at radius 3 is 2.04 bits per heavy atom. The molecular formula is C21H28N2O4. The fourth-order valence-corrected chi connectivity index (χ4v) is 4.20. The number of carboxylic acids is 1. The maximum absolute atomic E-state index is 12.5. The van der Waals surface area contributed by atoms with Gasteiger partial charge in [0.05, 0.1) is 11.8 Å². The molecule has 0 aliphatic heterocycles. The smallest absolute Gasteiger partial charge is 0.307 e. The van der Waals surface area contributed by atoms with E-state index in [2.05, 4.69) is 10.6 Å². The monoisotopic (exact) mass is 372 g/mol. The van der Waals surface area contributed by atoms with Gasteiger partial charge in [-0.05, 0) is 49.9 Å². The van der Waals surface area contributed by atoms with E-state index in [1.54, 1.807) is 24.3 Å². The Labute approximate surface area is 159 Å². The summed E-state index contributed by atoms with van der Waals surface area (Å²) in [6, 6.07) is 7.05. The number of benzene rings is 1. The van der Waals surface area contributed by atoms with Gasteiger partial charge in [-0.25, -0.2) is 0 Å². The largest absolute Gasteiger partial charge is 0.481 e. The van der Waals surface area contributed by atoms with Gasteiger partial charge in [0.25, 0.3) is 5.91 Å². The van der Waals surface area contributed by atoms with E-state index in [-0.39, 0.29) is 17.9 Å². The lowest BCUT2D eigenvalue weighted by molar-refractivity contribution is -0.147. The molecule has 6 nitrogen and oxygen atoms in total. The summed E-state index contributed by atoms with van der Waals surface area (Å²) in [5, 5.41) is 15.2. The van der Waals surface area contributed by atoms with Crippen LogP contribution >= 0.6 is 0 Å². The molecule has 3 rings (SSSR count). The van der Waals surface area contributed by atoms with E-state index in [4.69, 9.17) is 0 Å². The number of carboxylic acid groups (broad SMARTS) is 1. The summed E-state index contributed by atoms with van der Waals surface area (Å²) in [7, 11) is 0. The fraction of sp³-hybridized carbons (Fsp3) is 0.571. The Morgan fingerprint density at radius 2 is 1.41 bits per heavy atom. The molecule has 0 radical (unpaired) electrons. The molecule has 2 atom stereocenters. The van der Waals surface area contributed by atoms with Gasteiger partial charge in [-0.15, -0.1) is 0 Å². The van der Waals surface area contributed by atoms with Crippen molar-refractivity contribution in [2.24, 2.45) is 11.8 Å². The zero-order valence-corrected chi connectivity index (χ0v) is 15.6. The Balaban J connectivity index is 1.57. The van der Waals surface area contributed by atoms with Gasteiger partial charge in [0.2, 0.25) is 5.91 Å². The zero-order valence-electron chi connectivity index (χ0n) is 15.6. The maximum atomic E-state index is 12.5. The summed E-state index contributed by atoms with van der Waals surface area (Å²) >= 11 is 0. The van der Waals surface area contributed by atoms with Crippen molar-refractivity contribution in [2.45, 2.75) is 63.8 Å². The molecule has 0 heterocycles. The lowest BCUT2D eigenvalue weighted by Crippen LogP contribution is -2.36. The Kier molecular flexibility index (Phi) is 6.48. The van der Waals surface area contributed by atoms with Gasteiger partial charge >= 0.3 is 5.97 Å². The molecule has 6 heteroatoms. The molecule has 2 aliphatic carbocycles. The number of amides is 2.